The fourth-order valence-electron chi connectivity index (χ4n) is 3.93. The third kappa shape index (κ3) is 4.96. The van der Waals surface area contributed by atoms with Crippen molar-refractivity contribution in [2.24, 2.45) is 0 Å². The third-order valence-corrected chi connectivity index (χ3v) is 7.49. The number of ether oxygens (including phenoxy) is 1. The van der Waals surface area contributed by atoms with E-state index in [-0.39, 0.29) is 17.3 Å². The molecule has 172 valence electrons. The molecule has 0 unspecified atom stereocenters. The number of methoxy groups -OCH3 is 1. The van der Waals surface area contributed by atoms with Gasteiger partial charge in [0.05, 0.1) is 17.7 Å². The first-order valence-electron chi connectivity index (χ1n) is 10.8. The molecule has 0 radical (unpaired) electrons. The average Bonchev–Trinajstić information content (AvgIpc) is 2.88. The van der Waals surface area contributed by atoms with Crippen LogP contribution in [0, 0.1) is 0 Å². The summed E-state index contributed by atoms with van der Waals surface area (Å²) in [6.45, 7) is 2.13. The highest BCUT2D eigenvalue weighted by Crippen LogP contribution is 2.32. The van der Waals surface area contributed by atoms with Gasteiger partial charge in [0.1, 0.15) is 12.3 Å². The maximum absolute atomic E-state index is 13.5. The molecule has 7 nitrogen and oxygen atoms in total. The Morgan fingerprint density at radius 1 is 0.848 bits per heavy atom. The Morgan fingerprint density at radius 3 is 2.06 bits per heavy atom. The van der Waals surface area contributed by atoms with Crippen LogP contribution in [0.2, 0.25) is 0 Å². The van der Waals surface area contributed by atoms with E-state index in [1.54, 1.807) is 47.4 Å². The zero-order valence-corrected chi connectivity index (χ0v) is 19.3. The number of anilines is 2. The summed E-state index contributed by atoms with van der Waals surface area (Å²) in [5.41, 5.74) is 1.45. The van der Waals surface area contributed by atoms with Gasteiger partial charge in [-0.15, -0.1) is 0 Å². The minimum absolute atomic E-state index is 0.123. The molecule has 1 aliphatic rings. The lowest BCUT2D eigenvalue weighted by Crippen LogP contribution is -2.52. The van der Waals surface area contributed by atoms with Crippen molar-refractivity contribution in [2.45, 2.75) is 4.90 Å². The van der Waals surface area contributed by atoms with Crippen LogP contribution < -0.4 is 13.9 Å². The molecular weight excluding hydrogens is 438 g/mol. The van der Waals surface area contributed by atoms with E-state index in [0.717, 1.165) is 9.99 Å². The van der Waals surface area contributed by atoms with Crippen LogP contribution in [0.1, 0.15) is 0 Å². The SMILES string of the molecule is COc1ccccc1N(CC(=O)N1CCN(c2ccccc2)CC1)S(=O)(=O)c1ccccc1. The molecule has 0 aromatic heterocycles. The van der Waals surface area contributed by atoms with Crippen molar-refractivity contribution in [3.63, 3.8) is 0 Å². The Labute approximate surface area is 194 Å². The van der Waals surface area contributed by atoms with Crippen LogP contribution in [0.4, 0.5) is 11.4 Å². The highest BCUT2D eigenvalue weighted by Gasteiger charge is 2.31. The first-order chi connectivity index (χ1) is 16.0. The quantitative estimate of drug-likeness (QED) is 0.536. The summed E-state index contributed by atoms with van der Waals surface area (Å²) in [4.78, 5) is 17.3. The molecular formula is C25H27N3O4S. The Bertz CT molecular complexity index is 1180. The lowest BCUT2D eigenvalue weighted by molar-refractivity contribution is -0.129. The maximum Gasteiger partial charge on any atom is 0.264 e. The molecule has 4 rings (SSSR count). The molecule has 0 aliphatic carbocycles. The van der Waals surface area contributed by atoms with E-state index in [2.05, 4.69) is 4.90 Å². The van der Waals surface area contributed by atoms with Crippen molar-refractivity contribution in [1.82, 2.24) is 4.90 Å². The number of para-hydroxylation sites is 3. The molecule has 0 N–H and O–H groups in total. The number of nitrogens with zero attached hydrogens (tertiary/aromatic N) is 3. The largest absolute Gasteiger partial charge is 0.495 e. The van der Waals surface area contributed by atoms with Gasteiger partial charge in [-0.05, 0) is 36.4 Å². The van der Waals surface area contributed by atoms with Gasteiger partial charge >= 0.3 is 0 Å². The van der Waals surface area contributed by atoms with Gasteiger partial charge in [0.25, 0.3) is 10.0 Å². The molecule has 1 saturated heterocycles. The molecule has 0 bridgehead atoms. The third-order valence-electron chi connectivity index (χ3n) is 5.72. The fourth-order valence-corrected chi connectivity index (χ4v) is 5.38. The van der Waals surface area contributed by atoms with Crippen molar-refractivity contribution in [3.05, 3.63) is 84.9 Å². The van der Waals surface area contributed by atoms with Crippen molar-refractivity contribution in [3.8, 4) is 5.75 Å². The molecule has 0 saturated carbocycles. The van der Waals surface area contributed by atoms with Gasteiger partial charge in [0.15, 0.2) is 0 Å². The number of sulfonamides is 1. The van der Waals surface area contributed by atoms with E-state index in [9.17, 15) is 13.2 Å². The predicted molar refractivity (Wildman–Crippen MR) is 129 cm³/mol. The second-order valence-corrected chi connectivity index (χ2v) is 9.56. The van der Waals surface area contributed by atoms with E-state index in [0.29, 0.717) is 37.6 Å². The zero-order chi connectivity index (χ0) is 23.3. The number of hydrogen-bond donors (Lipinski definition) is 0. The Kier molecular flexibility index (Phi) is 6.84. The number of amides is 1. The topological polar surface area (TPSA) is 70.2 Å². The Hall–Kier alpha value is -3.52. The molecule has 3 aromatic rings. The van der Waals surface area contributed by atoms with Gasteiger partial charge in [-0.25, -0.2) is 8.42 Å². The summed E-state index contributed by atoms with van der Waals surface area (Å²) in [7, 11) is -2.50. The maximum atomic E-state index is 13.5. The molecule has 1 heterocycles. The van der Waals surface area contributed by atoms with Crippen LogP contribution in [0.5, 0.6) is 5.75 Å². The van der Waals surface area contributed by atoms with E-state index in [1.807, 2.05) is 30.3 Å². The van der Waals surface area contributed by atoms with Crippen molar-refractivity contribution in [2.75, 3.05) is 49.0 Å². The lowest BCUT2D eigenvalue weighted by atomic mass is 10.2. The second-order valence-electron chi connectivity index (χ2n) is 7.70. The van der Waals surface area contributed by atoms with E-state index in [4.69, 9.17) is 4.74 Å². The summed E-state index contributed by atoms with van der Waals surface area (Å²) in [5, 5.41) is 0. The predicted octanol–water partition coefficient (Wildman–Crippen LogP) is 3.24. The number of benzene rings is 3. The smallest absolute Gasteiger partial charge is 0.264 e. The summed E-state index contributed by atoms with van der Waals surface area (Å²) >= 11 is 0. The van der Waals surface area contributed by atoms with Crippen molar-refractivity contribution in [1.29, 1.82) is 0 Å². The average molecular weight is 466 g/mol. The number of carbonyl (C=O) groups is 1. The molecule has 8 heteroatoms. The van der Waals surface area contributed by atoms with E-state index in [1.165, 1.54) is 19.2 Å². The summed E-state index contributed by atoms with van der Waals surface area (Å²) < 4.78 is 33.7. The molecule has 33 heavy (non-hydrogen) atoms. The highest BCUT2D eigenvalue weighted by atomic mass is 32.2. The van der Waals surface area contributed by atoms with Crippen LogP contribution in [0.15, 0.2) is 89.8 Å². The van der Waals surface area contributed by atoms with Crippen LogP contribution in [-0.2, 0) is 14.8 Å². The molecule has 1 amide bonds. The van der Waals surface area contributed by atoms with Crippen LogP contribution in [0.25, 0.3) is 0 Å². The molecule has 1 fully saturated rings. The van der Waals surface area contributed by atoms with Gasteiger partial charge in [-0.3, -0.25) is 9.10 Å². The van der Waals surface area contributed by atoms with Gasteiger partial charge in [0, 0.05) is 31.9 Å². The molecule has 3 aromatic carbocycles. The fraction of sp³-hybridized carbons (Fsp3) is 0.240. The second kappa shape index (κ2) is 9.95. The normalized spacial score (nSPS) is 14.1. The standard InChI is InChI=1S/C25H27N3O4S/c1-32-24-15-9-8-14-23(24)28(33(30,31)22-12-6-3-7-13-22)20-25(29)27-18-16-26(17-19-27)21-10-4-2-5-11-21/h2-15H,16-20H2,1H3. The number of rotatable bonds is 7. The number of piperazine rings is 1. The number of hydrogen-bond acceptors (Lipinski definition) is 5. The Morgan fingerprint density at radius 2 is 1.42 bits per heavy atom. The first kappa shape index (κ1) is 22.7. The lowest BCUT2D eigenvalue weighted by Gasteiger charge is -2.37. The van der Waals surface area contributed by atoms with Gasteiger partial charge in [-0.2, -0.15) is 0 Å². The molecule has 0 spiro atoms. The van der Waals surface area contributed by atoms with Crippen molar-refractivity contribution >= 4 is 27.3 Å². The monoisotopic (exact) mass is 465 g/mol. The molecule has 1 aliphatic heterocycles. The summed E-state index contributed by atoms with van der Waals surface area (Å²) in [5.74, 6) is 0.145. The number of carbonyl (C=O) groups excluding carboxylic acids is 1. The van der Waals surface area contributed by atoms with Gasteiger partial charge in [0.2, 0.25) is 5.91 Å². The van der Waals surface area contributed by atoms with E-state index >= 15 is 0 Å². The Balaban J connectivity index is 1.56. The molecule has 0 atom stereocenters. The van der Waals surface area contributed by atoms with Crippen LogP contribution >= 0.6 is 0 Å². The summed E-state index contributed by atoms with van der Waals surface area (Å²) in [6.07, 6.45) is 0. The van der Waals surface area contributed by atoms with Crippen LogP contribution in [0.3, 0.4) is 0 Å². The summed E-state index contributed by atoms with van der Waals surface area (Å²) in [6, 6.07) is 25.0. The first-order valence-corrected chi connectivity index (χ1v) is 12.2. The minimum atomic E-state index is -3.98. The van der Waals surface area contributed by atoms with Gasteiger partial charge in [-0.1, -0.05) is 48.5 Å². The van der Waals surface area contributed by atoms with Gasteiger partial charge < -0.3 is 14.5 Å². The van der Waals surface area contributed by atoms with Crippen LogP contribution in [-0.4, -0.2) is 59.1 Å². The minimum Gasteiger partial charge on any atom is -0.495 e. The zero-order valence-electron chi connectivity index (χ0n) is 18.5. The van der Waals surface area contributed by atoms with Crippen molar-refractivity contribution < 1.29 is 17.9 Å². The van der Waals surface area contributed by atoms with E-state index < -0.39 is 10.0 Å². The highest BCUT2D eigenvalue weighted by molar-refractivity contribution is 7.92.